The van der Waals surface area contributed by atoms with E-state index < -0.39 is 0 Å². The number of nitrogens with zero attached hydrogens (tertiary/aromatic N) is 1. The maximum atomic E-state index is 11.8. The molecule has 1 atom stereocenters. The third-order valence-electron chi connectivity index (χ3n) is 3.47. The van der Waals surface area contributed by atoms with E-state index in [9.17, 15) is 9.59 Å². The van der Waals surface area contributed by atoms with Gasteiger partial charge in [0.2, 0.25) is 11.8 Å². The molecule has 0 aliphatic carbocycles. The first-order chi connectivity index (χ1) is 8.75. The molecule has 2 amide bonds. The zero-order valence-electron chi connectivity index (χ0n) is 10.6. The van der Waals surface area contributed by atoms with Crippen molar-refractivity contribution in [3.8, 4) is 0 Å². The highest BCUT2D eigenvalue weighted by Crippen LogP contribution is 2.10. The lowest BCUT2D eigenvalue weighted by molar-refractivity contribution is -0.128. The molecule has 2 aliphatic heterocycles. The van der Waals surface area contributed by atoms with Crippen molar-refractivity contribution in [2.24, 2.45) is 5.92 Å². The number of carbonyl (C=O) groups excluding carboxylic acids is 2. The molecule has 18 heavy (non-hydrogen) atoms. The number of nitrogens with one attached hydrogen (secondary N) is 2. The topological polar surface area (TPSA) is 70.7 Å². The summed E-state index contributed by atoms with van der Waals surface area (Å²) in [6.45, 7) is 5.45. The minimum absolute atomic E-state index is 0.0485. The quantitative estimate of drug-likeness (QED) is 0.673. The first-order valence-corrected chi connectivity index (χ1v) is 6.60. The van der Waals surface area contributed by atoms with E-state index >= 15 is 0 Å². The smallest absolute Gasteiger partial charge is 0.224 e. The van der Waals surface area contributed by atoms with E-state index in [1.165, 1.54) is 0 Å². The van der Waals surface area contributed by atoms with Gasteiger partial charge in [-0.25, -0.2) is 0 Å². The molecule has 0 saturated carbocycles. The van der Waals surface area contributed by atoms with Crippen LogP contribution in [0.4, 0.5) is 0 Å². The highest BCUT2D eigenvalue weighted by atomic mass is 16.5. The third kappa shape index (κ3) is 3.96. The number of hydrogen-bond acceptors (Lipinski definition) is 4. The van der Waals surface area contributed by atoms with Crippen molar-refractivity contribution in [2.45, 2.75) is 12.8 Å². The van der Waals surface area contributed by atoms with Gasteiger partial charge in [0.15, 0.2) is 0 Å². The summed E-state index contributed by atoms with van der Waals surface area (Å²) in [7, 11) is 0. The Morgan fingerprint density at radius 2 is 2.22 bits per heavy atom. The van der Waals surface area contributed by atoms with Crippen molar-refractivity contribution >= 4 is 11.8 Å². The van der Waals surface area contributed by atoms with Crippen LogP contribution in [0.5, 0.6) is 0 Å². The van der Waals surface area contributed by atoms with Crippen LogP contribution >= 0.6 is 0 Å². The van der Waals surface area contributed by atoms with E-state index in [1.807, 2.05) is 0 Å². The van der Waals surface area contributed by atoms with Gasteiger partial charge in [0.25, 0.3) is 0 Å². The molecule has 0 aromatic carbocycles. The SMILES string of the molecule is O=C1CCC(C(=O)NCCN2CCOCC2)CN1. The fourth-order valence-corrected chi connectivity index (χ4v) is 2.26. The van der Waals surface area contributed by atoms with Crippen LogP contribution in [0.3, 0.4) is 0 Å². The number of amides is 2. The normalized spacial score (nSPS) is 25.6. The fourth-order valence-electron chi connectivity index (χ4n) is 2.26. The maximum absolute atomic E-state index is 11.8. The zero-order valence-corrected chi connectivity index (χ0v) is 10.6. The Balaban J connectivity index is 1.60. The predicted octanol–water partition coefficient (Wildman–Crippen LogP) is -1.04. The maximum Gasteiger partial charge on any atom is 0.224 e. The van der Waals surface area contributed by atoms with Gasteiger partial charge in [0.1, 0.15) is 0 Å². The molecule has 0 aromatic rings. The lowest BCUT2D eigenvalue weighted by atomic mass is 9.98. The molecule has 2 saturated heterocycles. The number of rotatable bonds is 4. The summed E-state index contributed by atoms with van der Waals surface area (Å²) >= 11 is 0. The van der Waals surface area contributed by atoms with Gasteiger partial charge < -0.3 is 15.4 Å². The molecule has 0 spiro atoms. The Bertz CT molecular complexity index is 293. The van der Waals surface area contributed by atoms with Gasteiger partial charge in [0.05, 0.1) is 19.1 Å². The van der Waals surface area contributed by atoms with Crippen LogP contribution in [0.25, 0.3) is 0 Å². The van der Waals surface area contributed by atoms with Gasteiger partial charge in [0, 0.05) is 39.1 Å². The van der Waals surface area contributed by atoms with Crippen LogP contribution in [0, 0.1) is 5.92 Å². The second-order valence-electron chi connectivity index (χ2n) is 4.78. The van der Waals surface area contributed by atoms with Gasteiger partial charge in [-0.2, -0.15) is 0 Å². The number of morpholine rings is 1. The standard InChI is InChI=1S/C12H21N3O3/c16-11-2-1-10(9-14-11)12(17)13-3-4-15-5-7-18-8-6-15/h10H,1-9H2,(H,13,17)(H,14,16). The average molecular weight is 255 g/mol. The summed E-state index contributed by atoms with van der Waals surface area (Å²) in [4.78, 5) is 25.1. The van der Waals surface area contributed by atoms with Crippen LogP contribution in [0.2, 0.25) is 0 Å². The Hall–Kier alpha value is -1.14. The summed E-state index contributed by atoms with van der Waals surface area (Å²) in [5.41, 5.74) is 0. The van der Waals surface area contributed by atoms with Gasteiger partial charge in [-0.1, -0.05) is 0 Å². The van der Waals surface area contributed by atoms with Crippen molar-refractivity contribution < 1.29 is 14.3 Å². The van der Waals surface area contributed by atoms with Gasteiger partial charge in [-0.3, -0.25) is 14.5 Å². The molecule has 2 rings (SSSR count). The van der Waals surface area contributed by atoms with Crippen molar-refractivity contribution in [2.75, 3.05) is 45.9 Å². The Morgan fingerprint density at radius 1 is 1.44 bits per heavy atom. The van der Waals surface area contributed by atoms with E-state index in [0.717, 1.165) is 32.8 Å². The highest BCUT2D eigenvalue weighted by molar-refractivity contribution is 5.83. The lowest BCUT2D eigenvalue weighted by Gasteiger charge is -2.27. The minimum atomic E-state index is -0.0626. The summed E-state index contributed by atoms with van der Waals surface area (Å²) in [5, 5.41) is 5.67. The van der Waals surface area contributed by atoms with Crippen LogP contribution in [-0.4, -0.2) is 62.7 Å². The van der Waals surface area contributed by atoms with Crippen molar-refractivity contribution in [3.05, 3.63) is 0 Å². The van der Waals surface area contributed by atoms with Crippen molar-refractivity contribution in [1.29, 1.82) is 0 Å². The first-order valence-electron chi connectivity index (χ1n) is 6.60. The Morgan fingerprint density at radius 3 is 2.89 bits per heavy atom. The van der Waals surface area contributed by atoms with Crippen LogP contribution in [-0.2, 0) is 14.3 Å². The molecule has 6 nitrogen and oxygen atoms in total. The second-order valence-corrected chi connectivity index (χ2v) is 4.78. The molecule has 2 heterocycles. The number of carbonyl (C=O) groups is 2. The van der Waals surface area contributed by atoms with E-state index in [1.54, 1.807) is 0 Å². The van der Waals surface area contributed by atoms with E-state index in [2.05, 4.69) is 15.5 Å². The molecule has 2 N–H and O–H groups in total. The van der Waals surface area contributed by atoms with Gasteiger partial charge >= 0.3 is 0 Å². The molecule has 6 heteroatoms. The molecular formula is C12H21N3O3. The second kappa shape index (κ2) is 6.70. The third-order valence-corrected chi connectivity index (χ3v) is 3.47. The van der Waals surface area contributed by atoms with Crippen molar-refractivity contribution in [1.82, 2.24) is 15.5 Å². The van der Waals surface area contributed by atoms with E-state index in [0.29, 0.717) is 25.9 Å². The molecule has 0 aromatic heterocycles. The number of ether oxygens (including phenoxy) is 1. The molecular weight excluding hydrogens is 234 g/mol. The Kier molecular flexibility index (Phi) is 4.95. The van der Waals surface area contributed by atoms with E-state index in [4.69, 9.17) is 4.74 Å². The van der Waals surface area contributed by atoms with Crippen molar-refractivity contribution in [3.63, 3.8) is 0 Å². The number of piperidine rings is 1. The molecule has 0 bridgehead atoms. The van der Waals surface area contributed by atoms with E-state index in [-0.39, 0.29) is 17.7 Å². The van der Waals surface area contributed by atoms with Gasteiger partial charge in [-0.05, 0) is 6.42 Å². The van der Waals surface area contributed by atoms with Crippen LogP contribution < -0.4 is 10.6 Å². The molecule has 0 radical (unpaired) electrons. The monoisotopic (exact) mass is 255 g/mol. The number of hydrogen-bond donors (Lipinski definition) is 2. The summed E-state index contributed by atoms with van der Waals surface area (Å²) in [6.07, 6.45) is 1.12. The summed E-state index contributed by atoms with van der Waals surface area (Å²) in [5.74, 6) is 0.0445. The first kappa shape index (κ1) is 13.3. The average Bonchev–Trinajstić information content (AvgIpc) is 2.40. The van der Waals surface area contributed by atoms with Crippen LogP contribution in [0.15, 0.2) is 0 Å². The fraction of sp³-hybridized carbons (Fsp3) is 0.833. The molecule has 2 fully saturated rings. The zero-order chi connectivity index (χ0) is 12.8. The predicted molar refractivity (Wildman–Crippen MR) is 66.0 cm³/mol. The molecule has 2 aliphatic rings. The summed E-state index contributed by atoms with van der Waals surface area (Å²) in [6, 6.07) is 0. The minimum Gasteiger partial charge on any atom is -0.379 e. The summed E-state index contributed by atoms with van der Waals surface area (Å²) < 4.78 is 5.26. The van der Waals surface area contributed by atoms with Crippen LogP contribution in [0.1, 0.15) is 12.8 Å². The highest BCUT2D eigenvalue weighted by Gasteiger charge is 2.24. The Labute approximate surface area is 107 Å². The molecule has 102 valence electrons. The molecule has 1 unspecified atom stereocenters. The largest absolute Gasteiger partial charge is 0.379 e. The lowest BCUT2D eigenvalue weighted by Crippen LogP contribution is -2.46. The van der Waals surface area contributed by atoms with Gasteiger partial charge in [-0.15, -0.1) is 0 Å².